The molecule has 1 heterocycles. The summed E-state index contributed by atoms with van der Waals surface area (Å²) in [5.41, 5.74) is 6.30. The van der Waals surface area contributed by atoms with Crippen LogP contribution >= 0.6 is 0 Å². The molecule has 31 heavy (non-hydrogen) atoms. The number of carbonyl (C=O) groups is 1. The fourth-order valence-electron chi connectivity index (χ4n) is 4.88. The fraction of sp³-hybridized carbons (Fsp3) is 0.538. The lowest BCUT2D eigenvalue weighted by molar-refractivity contribution is 0.0950. The summed E-state index contributed by atoms with van der Waals surface area (Å²) in [6.45, 7) is 11.3. The van der Waals surface area contributed by atoms with Crippen molar-refractivity contribution in [3.8, 4) is 0 Å². The fourth-order valence-corrected chi connectivity index (χ4v) is 4.88. The van der Waals surface area contributed by atoms with E-state index in [2.05, 4.69) is 42.0 Å². The number of nitrogens with zero attached hydrogens (tertiary/aromatic N) is 1. The first-order chi connectivity index (χ1) is 14.8. The van der Waals surface area contributed by atoms with E-state index in [1.54, 1.807) is 0 Å². The molecule has 1 saturated carbocycles. The van der Waals surface area contributed by atoms with Crippen molar-refractivity contribution in [2.45, 2.75) is 85.7 Å². The molecule has 0 spiro atoms. The highest BCUT2D eigenvalue weighted by Crippen LogP contribution is 2.32. The van der Waals surface area contributed by atoms with Gasteiger partial charge in [-0.2, -0.15) is 0 Å². The highest BCUT2D eigenvalue weighted by atomic mass is 16.1. The number of pyridine rings is 1. The number of H-pyrrole nitrogens is 1. The van der Waals surface area contributed by atoms with Gasteiger partial charge in [-0.1, -0.05) is 26.2 Å². The molecule has 0 unspecified atom stereocenters. The van der Waals surface area contributed by atoms with E-state index in [1.165, 1.54) is 43.4 Å². The Bertz CT molecular complexity index is 987. The molecule has 1 aromatic heterocycles. The van der Waals surface area contributed by atoms with E-state index in [9.17, 15) is 9.59 Å². The van der Waals surface area contributed by atoms with Gasteiger partial charge in [0.1, 0.15) is 0 Å². The van der Waals surface area contributed by atoms with E-state index in [0.717, 1.165) is 29.8 Å². The maximum Gasteiger partial charge on any atom is 0.253 e. The van der Waals surface area contributed by atoms with Crippen LogP contribution in [-0.4, -0.2) is 23.5 Å². The molecule has 1 aromatic carbocycles. The maximum absolute atomic E-state index is 13.2. The SMILES string of the molecule is CCc1cc(C(=O)NCc2c(C)cc(C)[nH]c2=O)c(C)c(N(CC)C2CCCCC2)c1. The second-order valence-corrected chi connectivity index (χ2v) is 8.84. The number of aryl methyl sites for hydroxylation is 3. The number of anilines is 1. The van der Waals surface area contributed by atoms with Gasteiger partial charge in [-0.3, -0.25) is 9.59 Å². The lowest BCUT2D eigenvalue weighted by Crippen LogP contribution is -2.37. The zero-order chi connectivity index (χ0) is 22.5. The van der Waals surface area contributed by atoms with Crippen LogP contribution in [0.15, 0.2) is 23.0 Å². The van der Waals surface area contributed by atoms with Gasteiger partial charge in [0.2, 0.25) is 0 Å². The zero-order valence-electron chi connectivity index (χ0n) is 19.7. The smallest absolute Gasteiger partial charge is 0.253 e. The summed E-state index contributed by atoms with van der Waals surface area (Å²) >= 11 is 0. The second kappa shape index (κ2) is 10.2. The minimum absolute atomic E-state index is 0.117. The number of hydrogen-bond donors (Lipinski definition) is 2. The predicted octanol–water partition coefficient (Wildman–Crippen LogP) is 4.95. The standard InChI is InChI=1S/C26H37N3O2/c1-6-20-14-22(25(30)27-16-23-17(3)13-18(4)28-26(23)31)19(5)24(15-20)29(7-2)21-11-9-8-10-12-21/h13-15,21H,6-12,16H2,1-5H3,(H,27,30)(H,28,31). The number of nitrogens with one attached hydrogen (secondary N) is 2. The van der Waals surface area contributed by atoms with E-state index >= 15 is 0 Å². The van der Waals surface area contributed by atoms with E-state index in [4.69, 9.17) is 0 Å². The van der Waals surface area contributed by atoms with Crippen molar-refractivity contribution in [2.75, 3.05) is 11.4 Å². The molecule has 5 heteroatoms. The van der Waals surface area contributed by atoms with Crippen LogP contribution in [0.25, 0.3) is 0 Å². The topological polar surface area (TPSA) is 65.2 Å². The Morgan fingerprint density at radius 1 is 1.10 bits per heavy atom. The largest absolute Gasteiger partial charge is 0.369 e. The molecular formula is C26H37N3O2. The van der Waals surface area contributed by atoms with Crippen LogP contribution in [0.4, 0.5) is 5.69 Å². The van der Waals surface area contributed by atoms with E-state index in [-0.39, 0.29) is 18.0 Å². The van der Waals surface area contributed by atoms with Gasteiger partial charge in [0.05, 0.1) is 0 Å². The molecule has 1 aliphatic carbocycles. The molecule has 3 rings (SSSR count). The summed E-state index contributed by atoms with van der Waals surface area (Å²) in [5.74, 6) is -0.117. The van der Waals surface area contributed by atoms with Crippen LogP contribution < -0.4 is 15.8 Å². The Balaban J connectivity index is 1.89. The highest BCUT2D eigenvalue weighted by molar-refractivity contribution is 5.97. The molecule has 1 amide bonds. The molecule has 2 N–H and O–H groups in total. The van der Waals surface area contributed by atoms with Crippen molar-refractivity contribution in [3.63, 3.8) is 0 Å². The third-order valence-corrected chi connectivity index (χ3v) is 6.68. The third kappa shape index (κ3) is 5.20. The molecule has 2 aromatic rings. The van der Waals surface area contributed by atoms with Crippen molar-refractivity contribution in [1.82, 2.24) is 10.3 Å². The van der Waals surface area contributed by atoms with Gasteiger partial charge >= 0.3 is 0 Å². The molecule has 0 saturated heterocycles. The molecule has 1 aliphatic rings. The van der Waals surface area contributed by atoms with Crippen LogP contribution in [0, 0.1) is 20.8 Å². The number of carbonyl (C=O) groups excluding carboxylic acids is 1. The van der Waals surface area contributed by atoms with Crippen LogP contribution in [0.1, 0.15) is 84.3 Å². The Morgan fingerprint density at radius 2 is 1.81 bits per heavy atom. The van der Waals surface area contributed by atoms with Crippen LogP contribution in [-0.2, 0) is 13.0 Å². The summed E-state index contributed by atoms with van der Waals surface area (Å²) in [6, 6.07) is 6.76. The molecule has 0 bridgehead atoms. The summed E-state index contributed by atoms with van der Waals surface area (Å²) in [6.07, 6.45) is 7.22. The first-order valence-corrected chi connectivity index (χ1v) is 11.7. The summed E-state index contributed by atoms with van der Waals surface area (Å²) in [7, 11) is 0. The number of aromatic amines is 1. The van der Waals surface area contributed by atoms with Gasteiger partial charge in [-0.15, -0.1) is 0 Å². The minimum Gasteiger partial charge on any atom is -0.369 e. The van der Waals surface area contributed by atoms with Crippen molar-refractivity contribution in [2.24, 2.45) is 0 Å². The Hall–Kier alpha value is -2.56. The Kier molecular flexibility index (Phi) is 7.58. The van der Waals surface area contributed by atoms with Crippen molar-refractivity contribution in [3.05, 3.63) is 62.1 Å². The number of aromatic nitrogens is 1. The molecule has 168 valence electrons. The predicted molar refractivity (Wildman–Crippen MR) is 128 cm³/mol. The van der Waals surface area contributed by atoms with Gasteiger partial charge in [-0.05, 0) is 81.8 Å². The van der Waals surface area contributed by atoms with Gasteiger partial charge in [-0.25, -0.2) is 0 Å². The average Bonchev–Trinajstić information content (AvgIpc) is 2.75. The zero-order valence-corrected chi connectivity index (χ0v) is 19.7. The summed E-state index contributed by atoms with van der Waals surface area (Å²) < 4.78 is 0. The van der Waals surface area contributed by atoms with Gasteiger partial charge in [0.15, 0.2) is 0 Å². The molecule has 1 fully saturated rings. The van der Waals surface area contributed by atoms with Crippen molar-refractivity contribution < 1.29 is 4.79 Å². The van der Waals surface area contributed by atoms with E-state index in [0.29, 0.717) is 17.2 Å². The van der Waals surface area contributed by atoms with Crippen molar-refractivity contribution >= 4 is 11.6 Å². The number of hydrogen-bond acceptors (Lipinski definition) is 3. The lowest BCUT2D eigenvalue weighted by Gasteiger charge is -2.37. The Labute approximate surface area is 186 Å². The monoisotopic (exact) mass is 423 g/mol. The van der Waals surface area contributed by atoms with Crippen LogP contribution in [0.5, 0.6) is 0 Å². The highest BCUT2D eigenvalue weighted by Gasteiger charge is 2.24. The van der Waals surface area contributed by atoms with Gasteiger partial charge < -0.3 is 15.2 Å². The normalized spacial score (nSPS) is 14.5. The molecule has 0 aliphatic heterocycles. The number of rotatable bonds is 7. The second-order valence-electron chi connectivity index (χ2n) is 8.84. The molecule has 0 atom stereocenters. The number of benzene rings is 1. The minimum atomic E-state index is -0.132. The van der Waals surface area contributed by atoms with Crippen LogP contribution in [0.3, 0.4) is 0 Å². The molecular weight excluding hydrogens is 386 g/mol. The van der Waals surface area contributed by atoms with Crippen LogP contribution in [0.2, 0.25) is 0 Å². The first kappa shape index (κ1) is 23.1. The summed E-state index contributed by atoms with van der Waals surface area (Å²) in [4.78, 5) is 30.8. The molecule has 5 nitrogen and oxygen atoms in total. The lowest BCUT2D eigenvalue weighted by atomic mass is 9.92. The Morgan fingerprint density at radius 3 is 2.42 bits per heavy atom. The summed E-state index contributed by atoms with van der Waals surface area (Å²) in [5, 5.41) is 2.99. The first-order valence-electron chi connectivity index (χ1n) is 11.7. The quantitative estimate of drug-likeness (QED) is 0.662. The maximum atomic E-state index is 13.2. The van der Waals surface area contributed by atoms with Gasteiger partial charge in [0, 0.05) is 41.6 Å². The molecule has 0 radical (unpaired) electrons. The van der Waals surface area contributed by atoms with E-state index in [1.807, 2.05) is 26.0 Å². The van der Waals surface area contributed by atoms with Gasteiger partial charge in [0.25, 0.3) is 11.5 Å². The number of amides is 1. The third-order valence-electron chi connectivity index (χ3n) is 6.68. The van der Waals surface area contributed by atoms with Crippen molar-refractivity contribution in [1.29, 1.82) is 0 Å². The average molecular weight is 424 g/mol. The van der Waals surface area contributed by atoms with E-state index < -0.39 is 0 Å².